The van der Waals surface area contributed by atoms with Crippen LogP contribution in [0.2, 0.25) is 0 Å². The van der Waals surface area contributed by atoms with Crippen LogP contribution in [0.1, 0.15) is 54.9 Å². The summed E-state index contributed by atoms with van der Waals surface area (Å²) in [6.45, 7) is 3.01. The molecule has 0 bridgehead atoms. The van der Waals surface area contributed by atoms with Crippen LogP contribution in [0.15, 0.2) is 66.7 Å². The fraction of sp³-hybridized carbons (Fsp3) is 0.333. The predicted molar refractivity (Wildman–Crippen MR) is 142 cm³/mol. The topological polar surface area (TPSA) is 95.6 Å². The molecule has 3 aromatic carbocycles. The Morgan fingerprint density at radius 3 is 2.38 bits per heavy atom. The first-order chi connectivity index (χ1) is 17.9. The van der Waals surface area contributed by atoms with Crippen molar-refractivity contribution in [3.05, 3.63) is 77.9 Å². The number of hydrogen-bond donors (Lipinski definition) is 2. The minimum Gasteiger partial charge on any atom is -0.339 e. The van der Waals surface area contributed by atoms with Gasteiger partial charge in [-0.2, -0.15) is 0 Å². The molecule has 37 heavy (non-hydrogen) atoms. The number of benzene rings is 3. The minimum absolute atomic E-state index is 0.00421. The third kappa shape index (κ3) is 4.73. The molecular formula is C30H31N3O4. The first-order valence-electron chi connectivity index (χ1n) is 12.9. The number of carbonyl (C=O) groups excluding carboxylic acids is 4. The first kappa shape index (κ1) is 24.7. The normalized spacial score (nSPS) is 20.5. The average molecular weight is 498 g/mol. The van der Waals surface area contributed by atoms with E-state index in [0.717, 1.165) is 16.3 Å². The van der Waals surface area contributed by atoms with Gasteiger partial charge in [0, 0.05) is 36.7 Å². The predicted octanol–water partition coefficient (Wildman–Crippen LogP) is 4.42. The lowest BCUT2D eigenvalue weighted by Crippen LogP contribution is -2.51. The zero-order chi connectivity index (χ0) is 26.0. The number of likely N-dealkylation sites (tertiary alicyclic amines) is 1. The summed E-state index contributed by atoms with van der Waals surface area (Å²) in [6, 6.07) is 21.0. The number of hydrogen-bond acceptors (Lipinski definition) is 4. The van der Waals surface area contributed by atoms with E-state index in [-0.39, 0.29) is 29.5 Å². The zero-order valence-corrected chi connectivity index (χ0v) is 21.0. The number of fused-ring (bicyclic) bond motifs is 1. The van der Waals surface area contributed by atoms with Gasteiger partial charge in [-0.1, -0.05) is 55.5 Å². The van der Waals surface area contributed by atoms with Crippen LogP contribution in [0.5, 0.6) is 0 Å². The van der Waals surface area contributed by atoms with E-state index in [9.17, 15) is 19.2 Å². The van der Waals surface area contributed by atoms with Gasteiger partial charge in [-0.25, -0.2) is 0 Å². The molecule has 7 heteroatoms. The third-order valence-corrected chi connectivity index (χ3v) is 7.95. The lowest BCUT2D eigenvalue weighted by Gasteiger charge is -2.35. The summed E-state index contributed by atoms with van der Waals surface area (Å²) in [5.74, 6) is -0.718. The second-order valence-electron chi connectivity index (χ2n) is 9.97. The molecule has 0 saturated carbocycles. The van der Waals surface area contributed by atoms with E-state index < -0.39 is 5.41 Å². The smallest absolute Gasteiger partial charge is 0.254 e. The van der Waals surface area contributed by atoms with Gasteiger partial charge in [0.15, 0.2) is 0 Å². The number of amides is 4. The largest absolute Gasteiger partial charge is 0.339 e. The summed E-state index contributed by atoms with van der Waals surface area (Å²) < 4.78 is 0. The molecule has 0 aromatic heterocycles. The Kier molecular flexibility index (Phi) is 6.78. The molecule has 2 aliphatic heterocycles. The Balaban J connectivity index is 1.20. The Morgan fingerprint density at radius 2 is 1.68 bits per heavy atom. The van der Waals surface area contributed by atoms with E-state index in [4.69, 9.17) is 0 Å². The molecule has 5 rings (SSSR count). The lowest BCUT2D eigenvalue weighted by atomic mass is 9.72. The van der Waals surface area contributed by atoms with Gasteiger partial charge in [-0.15, -0.1) is 0 Å². The van der Waals surface area contributed by atoms with Crippen LogP contribution < -0.4 is 10.6 Å². The maximum absolute atomic E-state index is 13.2. The minimum atomic E-state index is -0.722. The Bertz CT molecular complexity index is 1350. The molecule has 2 aliphatic rings. The first-order valence-corrected chi connectivity index (χ1v) is 12.9. The SMILES string of the molecule is CCC1(c2ccc(NC(=O)C3CCN(C(=O)c4cccc5ccccc45)CC3)cc2)CCC(=O)NC1=O. The molecule has 0 aliphatic carbocycles. The highest BCUT2D eigenvalue weighted by molar-refractivity contribution is 6.07. The number of anilines is 1. The standard InChI is InChI=1S/C30H31N3O4/c1-2-30(17-14-26(34)32-29(30)37)22-10-12-23(13-11-22)31-27(35)21-15-18-33(19-16-21)28(36)25-9-5-7-20-6-3-4-8-24(20)25/h3-13,21H,2,14-19H2,1H3,(H,31,35)(H,32,34,37). The third-order valence-electron chi connectivity index (χ3n) is 7.95. The zero-order valence-electron chi connectivity index (χ0n) is 21.0. The summed E-state index contributed by atoms with van der Waals surface area (Å²) >= 11 is 0. The van der Waals surface area contributed by atoms with E-state index in [2.05, 4.69) is 10.6 Å². The molecule has 7 nitrogen and oxygen atoms in total. The maximum atomic E-state index is 13.2. The number of imide groups is 1. The second-order valence-corrected chi connectivity index (χ2v) is 9.97. The summed E-state index contributed by atoms with van der Waals surface area (Å²) in [7, 11) is 0. The summed E-state index contributed by atoms with van der Waals surface area (Å²) in [5.41, 5.74) is 1.49. The molecule has 190 valence electrons. The van der Waals surface area contributed by atoms with Crippen molar-refractivity contribution in [1.29, 1.82) is 0 Å². The van der Waals surface area contributed by atoms with Crippen LogP contribution in [-0.4, -0.2) is 41.6 Å². The number of rotatable bonds is 5. The van der Waals surface area contributed by atoms with Crippen molar-refractivity contribution >= 4 is 40.1 Å². The van der Waals surface area contributed by atoms with Crippen LogP contribution >= 0.6 is 0 Å². The van der Waals surface area contributed by atoms with E-state index in [0.29, 0.717) is 56.4 Å². The Morgan fingerprint density at radius 1 is 0.973 bits per heavy atom. The van der Waals surface area contributed by atoms with Crippen molar-refractivity contribution in [3.63, 3.8) is 0 Å². The van der Waals surface area contributed by atoms with E-state index in [1.165, 1.54) is 0 Å². The molecule has 1 unspecified atom stereocenters. The Labute approximate surface area is 216 Å². The molecular weight excluding hydrogens is 466 g/mol. The highest BCUT2D eigenvalue weighted by Gasteiger charge is 2.42. The van der Waals surface area contributed by atoms with E-state index in [1.807, 2.05) is 78.6 Å². The van der Waals surface area contributed by atoms with Crippen LogP contribution in [-0.2, 0) is 19.8 Å². The Hall–Kier alpha value is -4.00. The van der Waals surface area contributed by atoms with Gasteiger partial charge in [-0.3, -0.25) is 24.5 Å². The van der Waals surface area contributed by atoms with Crippen LogP contribution in [0.4, 0.5) is 5.69 Å². The van der Waals surface area contributed by atoms with Gasteiger partial charge in [0.2, 0.25) is 17.7 Å². The van der Waals surface area contributed by atoms with Gasteiger partial charge in [0.1, 0.15) is 0 Å². The van der Waals surface area contributed by atoms with Crippen LogP contribution in [0.25, 0.3) is 10.8 Å². The van der Waals surface area contributed by atoms with Crippen molar-refractivity contribution in [2.45, 2.75) is 44.4 Å². The summed E-state index contributed by atoms with van der Waals surface area (Å²) in [6.07, 6.45) is 2.60. The monoisotopic (exact) mass is 497 g/mol. The van der Waals surface area contributed by atoms with E-state index in [1.54, 1.807) is 0 Å². The van der Waals surface area contributed by atoms with Crippen molar-refractivity contribution in [2.24, 2.45) is 5.92 Å². The fourth-order valence-corrected chi connectivity index (χ4v) is 5.61. The van der Waals surface area contributed by atoms with Crippen LogP contribution in [0.3, 0.4) is 0 Å². The molecule has 3 aromatic rings. The summed E-state index contributed by atoms with van der Waals surface area (Å²) in [4.78, 5) is 52.3. The number of nitrogens with zero attached hydrogens (tertiary/aromatic N) is 1. The average Bonchev–Trinajstić information content (AvgIpc) is 2.93. The van der Waals surface area contributed by atoms with Gasteiger partial charge in [0.25, 0.3) is 5.91 Å². The molecule has 2 N–H and O–H groups in total. The molecule has 2 fully saturated rings. The van der Waals surface area contributed by atoms with E-state index >= 15 is 0 Å². The molecule has 0 radical (unpaired) electrons. The quantitative estimate of drug-likeness (QED) is 0.511. The van der Waals surface area contributed by atoms with Crippen molar-refractivity contribution < 1.29 is 19.2 Å². The number of piperidine rings is 2. The van der Waals surface area contributed by atoms with Crippen molar-refractivity contribution in [1.82, 2.24) is 10.2 Å². The summed E-state index contributed by atoms with van der Waals surface area (Å²) in [5, 5.41) is 7.44. The van der Waals surface area contributed by atoms with Gasteiger partial charge in [-0.05, 0) is 60.2 Å². The van der Waals surface area contributed by atoms with Gasteiger partial charge < -0.3 is 10.2 Å². The number of carbonyl (C=O) groups is 4. The van der Waals surface area contributed by atoms with Gasteiger partial charge in [0.05, 0.1) is 5.41 Å². The van der Waals surface area contributed by atoms with Crippen LogP contribution in [0, 0.1) is 5.92 Å². The molecule has 0 spiro atoms. The maximum Gasteiger partial charge on any atom is 0.254 e. The highest BCUT2D eigenvalue weighted by Crippen LogP contribution is 2.36. The number of nitrogens with one attached hydrogen (secondary N) is 2. The van der Waals surface area contributed by atoms with Crippen molar-refractivity contribution in [3.8, 4) is 0 Å². The second kappa shape index (κ2) is 10.2. The molecule has 2 heterocycles. The fourth-order valence-electron chi connectivity index (χ4n) is 5.61. The lowest BCUT2D eigenvalue weighted by molar-refractivity contribution is -0.138. The highest BCUT2D eigenvalue weighted by atomic mass is 16.2. The molecule has 2 saturated heterocycles. The molecule has 4 amide bonds. The van der Waals surface area contributed by atoms with Crippen molar-refractivity contribution in [2.75, 3.05) is 18.4 Å². The molecule has 1 atom stereocenters. The van der Waals surface area contributed by atoms with Gasteiger partial charge >= 0.3 is 0 Å².